The molecule has 0 fully saturated rings. The fourth-order valence-electron chi connectivity index (χ4n) is 4.56. The molecule has 3 aromatic rings. The van der Waals surface area contributed by atoms with E-state index in [1.807, 2.05) is 4.90 Å². The van der Waals surface area contributed by atoms with Crippen molar-refractivity contribution in [2.45, 2.75) is 44.6 Å². The molecule has 1 aliphatic heterocycles. The highest BCUT2D eigenvalue weighted by Gasteiger charge is 2.22. The van der Waals surface area contributed by atoms with Crippen molar-refractivity contribution in [3.8, 4) is 0 Å². The molecule has 0 bridgehead atoms. The largest absolute Gasteiger partial charge is 0.480 e. The van der Waals surface area contributed by atoms with Gasteiger partial charge < -0.3 is 20.6 Å². The average Bonchev–Trinajstić information content (AvgIpc) is 3.29. The minimum absolute atomic E-state index is 0.0138. The lowest BCUT2D eigenvalue weighted by Crippen LogP contribution is -2.40. The van der Waals surface area contributed by atoms with Crippen molar-refractivity contribution in [2.75, 3.05) is 50.9 Å². The number of rotatable bonds is 13. The van der Waals surface area contributed by atoms with Crippen molar-refractivity contribution in [3.63, 3.8) is 0 Å². The Morgan fingerprint density at radius 1 is 1.21 bits per heavy atom. The lowest BCUT2D eigenvalue weighted by atomic mass is 10.1. The molecule has 4 rings (SSSR count). The molecule has 1 atom stereocenters. The summed E-state index contributed by atoms with van der Waals surface area (Å²) in [7, 11) is 5.23. The number of nitrogens with one attached hydrogen (secondary N) is 2. The molecular weight excluding hydrogens is 486 g/mol. The third-order valence-corrected chi connectivity index (χ3v) is 6.84. The number of carboxylic acid groups (broad SMARTS) is 1. The Kier molecular flexibility index (Phi) is 9.06. The quantitative estimate of drug-likeness (QED) is 0.284. The van der Waals surface area contributed by atoms with Gasteiger partial charge in [-0.1, -0.05) is 6.07 Å². The number of pyridine rings is 1. The summed E-state index contributed by atoms with van der Waals surface area (Å²) in [5.41, 5.74) is 2.96. The average molecular weight is 524 g/mol. The van der Waals surface area contributed by atoms with Crippen molar-refractivity contribution >= 4 is 34.5 Å². The van der Waals surface area contributed by atoms with Crippen molar-refractivity contribution in [1.82, 2.24) is 34.5 Å². The fraction of sp³-hybridized carbons (Fsp3) is 0.538. The predicted octanol–water partition coefficient (Wildman–Crippen LogP) is 1.78. The zero-order valence-electron chi connectivity index (χ0n) is 22.4. The third kappa shape index (κ3) is 6.94. The van der Waals surface area contributed by atoms with Crippen molar-refractivity contribution in [1.29, 1.82) is 0 Å². The van der Waals surface area contributed by atoms with Gasteiger partial charge in [-0.15, -0.1) is 0 Å². The number of carbonyl (C=O) groups excluding carboxylic acids is 1. The summed E-state index contributed by atoms with van der Waals surface area (Å²) in [6.07, 6.45) is 8.19. The maximum absolute atomic E-state index is 12.5. The first-order chi connectivity index (χ1) is 18.3. The summed E-state index contributed by atoms with van der Waals surface area (Å²) >= 11 is 0. The van der Waals surface area contributed by atoms with Crippen LogP contribution in [0.4, 0.5) is 11.6 Å². The van der Waals surface area contributed by atoms with Crippen LogP contribution < -0.4 is 10.6 Å². The fourth-order valence-corrected chi connectivity index (χ4v) is 4.56. The molecule has 3 aromatic heterocycles. The zero-order valence-corrected chi connectivity index (χ0v) is 22.4. The molecule has 0 aliphatic carbocycles. The number of hydrogen-bond acceptors (Lipinski definition) is 9. The van der Waals surface area contributed by atoms with E-state index in [4.69, 9.17) is 4.98 Å². The highest BCUT2D eigenvalue weighted by molar-refractivity contribution is 5.88. The van der Waals surface area contributed by atoms with E-state index in [0.29, 0.717) is 36.4 Å². The van der Waals surface area contributed by atoms with Gasteiger partial charge in [0.1, 0.15) is 24.0 Å². The van der Waals surface area contributed by atoms with Crippen molar-refractivity contribution < 1.29 is 14.7 Å². The topological polar surface area (TPSA) is 141 Å². The Morgan fingerprint density at radius 3 is 2.84 bits per heavy atom. The standard InChI is InChI=1S/C26H37N9O3/c1-33(2)22(36)16-35(13-5-4-8-19-10-9-18-7-6-12-27-23(18)31-19)14-11-21(26(37)38)32-24-20-15-30-34(3)25(20)29-17-28-24/h9-10,15,17,21H,4-8,11-14,16H2,1-3H3,(H,27,31)(H,37,38)(H,28,29,32)/t21-/m0/s1. The second-order valence-corrected chi connectivity index (χ2v) is 9.91. The van der Waals surface area contributed by atoms with E-state index in [-0.39, 0.29) is 12.5 Å². The number of anilines is 2. The molecule has 12 nitrogen and oxygen atoms in total. The maximum atomic E-state index is 12.5. The summed E-state index contributed by atoms with van der Waals surface area (Å²) in [6, 6.07) is 3.40. The van der Waals surface area contributed by atoms with Crippen LogP contribution in [0, 0.1) is 0 Å². The van der Waals surface area contributed by atoms with Crippen LogP contribution in [-0.2, 0) is 29.5 Å². The Bertz CT molecular complexity index is 1260. The van der Waals surface area contributed by atoms with Crippen LogP contribution in [0.15, 0.2) is 24.7 Å². The summed E-state index contributed by atoms with van der Waals surface area (Å²) < 4.78 is 1.61. The second-order valence-electron chi connectivity index (χ2n) is 9.91. The van der Waals surface area contributed by atoms with Crippen molar-refractivity contribution in [2.24, 2.45) is 7.05 Å². The number of likely N-dealkylation sites (N-methyl/N-ethyl adjacent to an activating group) is 1. The van der Waals surface area contributed by atoms with Crippen LogP contribution in [-0.4, -0.2) is 97.8 Å². The smallest absolute Gasteiger partial charge is 0.326 e. The van der Waals surface area contributed by atoms with E-state index in [0.717, 1.165) is 50.2 Å². The molecule has 204 valence electrons. The van der Waals surface area contributed by atoms with E-state index in [2.05, 4.69) is 37.8 Å². The summed E-state index contributed by atoms with van der Waals surface area (Å²) in [6.45, 7) is 2.34. The molecule has 0 saturated carbocycles. The van der Waals surface area contributed by atoms with E-state index >= 15 is 0 Å². The first-order valence-electron chi connectivity index (χ1n) is 13.1. The van der Waals surface area contributed by atoms with E-state index in [1.165, 1.54) is 11.9 Å². The first kappa shape index (κ1) is 27.2. The zero-order chi connectivity index (χ0) is 27.1. The molecule has 0 radical (unpaired) electrons. The monoisotopic (exact) mass is 523 g/mol. The number of nitrogens with zero attached hydrogens (tertiary/aromatic N) is 7. The van der Waals surface area contributed by atoms with E-state index in [9.17, 15) is 14.7 Å². The lowest BCUT2D eigenvalue weighted by Gasteiger charge is -2.25. The van der Waals surface area contributed by atoms with Gasteiger partial charge in [0.25, 0.3) is 0 Å². The third-order valence-electron chi connectivity index (χ3n) is 6.84. The molecule has 0 saturated heterocycles. The molecule has 1 aliphatic rings. The van der Waals surface area contributed by atoms with Crippen LogP contribution in [0.3, 0.4) is 0 Å². The van der Waals surface area contributed by atoms with E-state index in [1.54, 1.807) is 36.9 Å². The Morgan fingerprint density at radius 2 is 2.05 bits per heavy atom. The minimum Gasteiger partial charge on any atom is -0.480 e. The molecule has 38 heavy (non-hydrogen) atoms. The second kappa shape index (κ2) is 12.6. The number of aryl methyl sites for hydroxylation is 3. The van der Waals surface area contributed by atoms with Crippen LogP contribution >= 0.6 is 0 Å². The number of unbranched alkanes of at least 4 members (excludes halogenated alkanes) is 1. The van der Waals surface area contributed by atoms with Crippen LogP contribution in [0.25, 0.3) is 11.0 Å². The maximum Gasteiger partial charge on any atom is 0.326 e. The number of amides is 1. The summed E-state index contributed by atoms with van der Waals surface area (Å²) in [5.74, 6) is 0.441. The number of aliphatic carboxylic acids is 1. The van der Waals surface area contributed by atoms with Gasteiger partial charge in [-0.3, -0.25) is 14.4 Å². The molecule has 0 aromatic carbocycles. The highest BCUT2D eigenvalue weighted by atomic mass is 16.4. The Balaban J connectivity index is 1.34. The van der Waals surface area contributed by atoms with Gasteiger partial charge in [0.05, 0.1) is 18.1 Å². The Hall–Kier alpha value is -3.80. The number of fused-ring (bicyclic) bond motifs is 2. The van der Waals surface area contributed by atoms with Gasteiger partial charge in [-0.2, -0.15) is 5.10 Å². The predicted molar refractivity (Wildman–Crippen MR) is 145 cm³/mol. The number of hydrogen-bond donors (Lipinski definition) is 3. The molecular formula is C26H37N9O3. The summed E-state index contributed by atoms with van der Waals surface area (Å²) in [4.78, 5) is 41.3. The first-order valence-corrected chi connectivity index (χ1v) is 13.1. The van der Waals surface area contributed by atoms with Gasteiger partial charge >= 0.3 is 5.97 Å². The number of carbonyl (C=O) groups is 2. The molecule has 12 heteroatoms. The van der Waals surface area contributed by atoms with Crippen molar-refractivity contribution in [3.05, 3.63) is 35.9 Å². The molecule has 3 N–H and O–H groups in total. The minimum atomic E-state index is -0.980. The summed E-state index contributed by atoms with van der Waals surface area (Å²) in [5, 5.41) is 21.2. The van der Waals surface area contributed by atoms with Gasteiger partial charge in [-0.05, 0) is 56.7 Å². The SMILES string of the molecule is CN(C)C(=O)CN(CCCCc1ccc2c(n1)NCCC2)CC[C@H](Nc1ncnc2c1cnn2C)C(=O)O. The lowest BCUT2D eigenvalue weighted by molar-refractivity contribution is -0.138. The van der Waals surface area contributed by atoms with Gasteiger partial charge in [0.15, 0.2) is 5.65 Å². The van der Waals surface area contributed by atoms with Gasteiger partial charge in [0.2, 0.25) is 5.91 Å². The normalized spacial score (nSPS) is 13.7. The van der Waals surface area contributed by atoms with Crippen LogP contribution in [0.5, 0.6) is 0 Å². The van der Waals surface area contributed by atoms with Crippen LogP contribution in [0.1, 0.15) is 36.9 Å². The highest BCUT2D eigenvalue weighted by Crippen LogP contribution is 2.21. The molecule has 0 spiro atoms. The Labute approximate surface area is 222 Å². The van der Waals surface area contributed by atoms with E-state index < -0.39 is 12.0 Å². The molecule has 1 amide bonds. The number of aromatic nitrogens is 5. The molecule has 0 unspecified atom stereocenters. The number of carboxylic acids is 1. The van der Waals surface area contributed by atoms with Gasteiger partial charge in [-0.25, -0.2) is 19.7 Å². The molecule has 4 heterocycles. The van der Waals surface area contributed by atoms with Gasteiger partial charge in [0, 0.05) is 39.9 Å². The van der Waals surface area contributed by atoms with Crippen LogP contribution in [0.2, 0.25) is 0 Å².